The van der Waals surface area contributed by atoms with Crippen molar-refractivity contribution >= 4 is 22.8 Å². The Morgan fingerprint density at radius 3 is 2.59 bits per heavy atom. The van der Waals surface area contributed by atoms with E-state index >= 15 is 0 Å². The number of nitrogens with zero attached hydrogens (tertiary/aromatic N) is 4. The van der Waals surface area contributed by atoms with E-state index in [1.807, 2.05) is 18.2 Å². The Morgan fingerprint density at radius 2 is 1.88 bits per heavy atom. The quantitative estimate of drug-likeness (QED) is 0.228. The van der Waals surface area contributed by atoms with Crippen molar-refractivity contribution in [2.24, 2.45) is 12.1 Å². The first-order chi connectivity index (χ1) is 16.3. The molecular formula is C23H24N6O5. The van der Waals surface area contributed by atoms with Crippen molar-refractivity contribution in [2.75, 3.05) is 12.0 Å². The van der Waals surface area contributed by atoms with Crippen LogP contribution < -0.4 is 21.4 Å². The highest BCUT2D eigenvalue weighted by Crippen LogP contribution is 2.18. The maximum atomic E-state index is 12.6. The zero-order chi connectivity index (χ0) is 24.2. The van der Waals surface area contributed by atoms with Gasteiger partial charge in [0.2, 0.25) is 5.95 Å². The molecule has 2 aromatic carbocycles. The summed E-state index contributed by atoms with van der Waals surface area (Å²) in [6.45, 7) is 1.70. The van der Waals surface area contributed by atoms with E-state index < -0.39 is 17.4 Å². The highest BCUT2D eigenvalue weighted by molar-refractivity contribution is 5.99. The van der Waals surface area contributed by atoms with Crippen LogP contribution in [0.25, 0.3) is 11.2 Å². The summed E-state index contributed by atoms with van der Waals surface area (Å²) in [6, 6.07) is 15.5. The normalized spacial score (nSPS) is 12.6. The van der Waals surface area contributed by atoms with Crippen LogP contribution in [0, 0.1) is 0 Å². The minimum absolute atomic E-state index is 0.0252. The van der Waals surface area contributed by atoms with Crippen LogP contribution in [0.5, 0.6) is 11.5 Å². The Labute approximate surface area is 193 Å². The number of hydrazone groups is 1. The summed E-state index contributed by atoms with van der Waals surface area (Å²) in [6.07, 6.45) is -0.989. The second kappa shape index (κ2) is 9.63. The first kappa shape index (κ1) is 22.8. The van der Waals surface area contributed by atoms with Gasteiger partial charge in [-0.15, -0.1) is 0 Å². The van der Waals surface area contributed by atoms with E-state index in [2.05, 4.69) is 20.5 Å². The molecule has 4 N–H and O–H groups in total. The first-order valence-electron chi connectivity index (χ1n) is 10.5. The molecule has 4 rings (SSSR count). The average molecular weight is 464 g/mol. The van der Waals surface area contributed by atoms with Gasteiger partial charge in [0.1, 0.15) is 24.2 Å². The van der Waals surface area contributed by atoms with Crippen molar-refractivity contribution < 1.29 is 14.9 Å². The number of aryl methyl sites for hydroxylation is 1. The van der Waals surface area contributed by atoms with E-state index in [1.165, 1.54) is 16.2 Å². The van der Waals surface area contributed by atoms with Crippen LogP contribution >= 0.6 is 0 Å². The molecule has 2 heterocycles. The van der Waals surface area contributed by atoms with Crippen molar-refractivity contribution in [3.8, 4) is 11.5 Å². The Bertz CT molecular complexity index is 1440. The number of anilines is 1. The number of phenols is 1. The molecular weight excluding hydrogens is 440 g/mol. The van der Waals surface area contributed by atoms with Crippen molar-refractivity contribution in [3.05, 3.63) is 81.0 Å². The van der Waals surface area contributed by atoms with Crippen LogP contribution in [-0.4, -0.2) is 47.7 Å². The molecule has 11 heteroatoms. The molecule has 0 amide bonds. The molecule has 34 heavy (non-hydrogen) atoms. The van der Waals surface area contributed by atoms with Gasteiger partial charge in [-0.25, -0.2) is 10.2 Å². The maximum absolute atomic E-state index is 12.6. The number of hydrogen-bond donors (Lipinski definition) is 4. The number of phenolic OH excluding ortho intramolecular Hbond substituents is 1. The number of para-hydroxylation sites is 1. The highest BCUT2D eigenvalue weighted by Gasteiger charge is 2.20. The smallest absolute Gasteiger partial charge is 0.329 e. The molecule has 0 aliphatic rings. The summed E-state index contributed by atoms with van der Waals surface area (Å²) >= 11 is 0. The number of aromatic nitrogens is 4. The third kappa shape index (κ3) is 4.84. The van der Waals surface area contributed by atoms with Gasteiger partial charge in [-0.1, -0.05) is 18.2 Å². The molecule has 1 unspecified atom stereocenters. The summed E-state index contributed by atoms with van der Waals surface area (Å²) in [5.74, 6) is 0.904. The topological polar surface area (TPSA) is 147 Å². The Morgan fingerprint density at radius 1 is 1.18 bits per heavy atom. The second-order valence-electron chi connectivity index (χ2n) is 7.67. The number of aromatic hydroxyl groups is 1. The number of H-pyrrole nitrogens is 1. The molecule has 0 saturated carbocycles. The van der Waals surface area contributed by atoms with Gasteiger partial charge in [-0.3, -0.25) is 14.3 Å². The number of rotatable bonds is 8. The number of aliphatic hydroxyl groups is 1. The fourth-order valence-corrected chi connectivity index (χ4v) is 3.37. The summed E-state index contributed by atoms with van der Waals surface area (Å²) in [5, 5.41) is 24.4. The third-order valence-corrected chi connectivity index (χ3v) is 5.19. The number of benzene rings is 2. The lowest BCUT2D eigenvalue weighted by atomic mass is 10.1. The van der Waals surface area contributed by atoms with E-state index in [4.69, 9.17) is 4.74 Å². The maximum Gasteiger partial charge on any atom is 0.329 e. The minimum Gasteiger partial charge on any atom is -0.508 e. The van der Waals surface area contributed by atoms with Gasteiger partial charge in [0.05, 0.1) is 12.3 Å². The molecule has 0 saturated heterocycles. The van der Waals surface area contributed by atoms with Gasteiger partial charge < -0.3 is 19.5 Å². The number of aliphatic hydroxyl groups excluding tert-OH is 1. The van der Waals surface area contributed by atoms with Crippen LogP contribution in [0.15, 0.2) is 69.3 Å². The number of hydrogen-bond acceptors (Lipinski definition) is 8. The van der Waals surface area contributed by atoms with Crippen molar-refractivity contribution in [2.45, 2.75) is 19.6 Å². The Kier molecular flexibility index (Phi) is 6.46. The lowest BCUT2D eigenvalue weighted by molar-refractivity contribution is 0.0938. The lowest BCUT2D eigenvalue weighted by Crippen LogP contribution is -2.30. The van der Waals surface area contributed by atoms with Crippen LogP contribution in [0.2, 0.25) is 0 Å². The SMILES string of the molecule is CC(=NNc1nc2c(c(=O)[nH]c(=O)n2C)n1CC(O)COc1ccccc1)c1ccc(O)cc1. The summed E-state index contributed by atoms with van der Waals surface area (Å²) in [7, 11) is 1.49. The molecule has 0 bridgehead atoms. The average Bonchev–Trinajstić information content (AvgIpc) is 3.19. The molecule has 0 aliphatic heterocycles. The predicted octanol–water partition coefficient (Wildman–Crippen LogP) is 1.40. The van der Waals surface area contributed by atoms with Gasteiger partial charge >= 0.3 is 5.69 Å². The molecule has 0 radical (unpaired) electrons. The lowest BCUT2D eigenvalue weighted by Gasteiger charge is -2.15. The van der Waals surface area contributed by atoms with Crippen LogP contribution in [0.1, 0.15) is 12.5 Å². The molecule has 4 aromatic rings. The van der Waals surface area contributed by atoms with E-state index in [0.29, 0.717) is 11.5 Å². The zero-order valence-electron chi connectivity index (χ0n) is 18.6. The van der Waals surface area contributed by atoms with Crippen LogP contribution in [0.4, 0.5) is 5.95 Å². The van der Waals surface area contributed by atoms with Gasteiger partial charge in [0, 0.05) is 7.05 Å². The summed E-state index contributed by atoms with van der Waals surface area (Å²) in [4.78, 5) is 31.3. The summed E-state index contributed by atoms with van der Waals surface area (Å²) in [5.41, 5.74) is 3.20. The fourth-order valence-electron chi connectivity index (χ4n) is 3.37. The molecule has 11 nitrogen and oxygen atoms in total. The molecule has 0 fully saturated rings. The van der Waals surface area contributed by atoms with E-state index in [1.54, 1.807) is 43.3 Å². The highest BCUT2D eigenvalue weighted by atomic mass is 16.5. The first-order valence-corrected chi connectivity index (χ1v) is 10.5. The summed E-state index contributed by atoms with van der Waals surface area (Å²) < 4.78 is 8.28. The second-order valence-corrected chi connectivity index (χ2v) is 7.67. The zero-order valence-corrected chi connectivity index (χ0v) is 18.6. The molecule has 1 atom stereocenters. The number of imidazole rings is 1. The third-order valence-electron chi connectivity index (χ3n) is 5.19. The van der Waals surface area contributed by atoms with Crippen LogP contribution in [0.3, 0.4) is 0 Å². The van der Waals surface area contributed by atoms with Crippen molar-refractivity contribution in [1.82, 2.24) is 19.1 Å². The molecule has 2 aromatic heterocycles. The van der Waals surface area contributed by atoms with Crippen LogP contribution in [-0.2, 0) is 13.6 Å². The van der Waals surface area contributed by atoms with E-state index in [9.17, 15) is 19.8 Å². The number of ether oxygens (including phenoxy) is 1. The van der Waals surface area contributed by atoms with E-state index in [-0.39, 0.29) is 36.0 Å². The number of nitrogens with one attached hydrogen (secondary N) is 2. The number of aromatic amines is 1. The van der Waals surface area contributed by atoms with Gasteiger partial charge in [-0.05, 0) is 48.9 Å². The van der Waals surface area contributed by atoms with Crippen molar-refractivity contribution in [1.29, 1.82) is 0 Å². The van der Waals surface area contributed by atoms with Gasteiger partial charge in [-0.2, -0.15) is 10.1 Å². The molecule has 0 spiro atoms. The van der Waals surface area contributed by atoms with Crippen molar-refractivity contribution in [3.63, 3.8) is 0 Å². The number of fused-ring (bicyclic) bond motifs is 1. The largest absolute Gasteiger partial charge is 0.508 e. The predicted molar refractivity (Wildman–Crippen MR) is 127 cm³/mol. The van der Waals surface area contributed by atoms with Gasteiger partial charge in [0.25, 0.3) is 5.56 Å². The fraction of sp³-hybridized carbons (Fsp3) is 0.217. The molecule has 0 aliphatic carbocycles. The standard InChI is InChI=1S/C23H24N6O5/c1-14(15-8-10-16(30)11-9-15)26-27-22-24-20-19(21(32)25-23(33)28(20)2)29(22)12-17(31)13-34-18-6-4-3-5-7-18/h3-11,17,30-31H,12-13H2,1-2H3,(H,24,27)(H,25,32,33). The van der Waals surface area contributed by atoms with E-state index in [0.717, 1.165) is 5.56 Å². The Balaban J connectivity index is 1.65. The Hall–Kier alpha value is -4.38. The van der Waals surface area contributed by atoms with Gasteiger partial charge in [0.15, 0.2) is 11.2 Å². The molecule has 176 valence electrons. The minimum atomic E-state index is -0.989. The monoisotopic (exact) mass is 464 g/mol.